The number of anilines is 1. The first-order valence-electron chi connectivity index (χ1n) is 7.07. The lowest BCUT2D eigenvalue weighted by atomic mass is 10.2. The Hall–Kier alpha value is -1.84. The summed E-state index contributed by atoms with van der Waals surface area (Å²) in [6.45, 7) is 9.09. The number of aryl methyl sites for hydroxylation is 1. The molecule has 20 heavy (non-hydrogen) atoms. The molecule has 0 heterocycles. The molecular weight excluding hydrogens is 252 g/mol. The highest BCUT2D eigenvalue weighted by Crippen LogP contribution is 2.16. The molecule has 1 N–H and O–H groups in total. The average Bonchev–Trinajstić information content (AvgIpc) is 2.37. The van der Waals surface area contributed by atoms with Gasteiger partial charge in [-0.1, -0.05) is 26.0 Å². The maximum atomic E-state index is 12.2. The lowest BCUT2D eigenvalue weighted by Gasteiger charge is -2.21. The zero-order valence-electron chi connectivity index (χ0n) is 12.8. The van der Waals surface area contributed by atoms with E-state index in [4.69, 9.17) is 0 Å². The molecule has 0 atom stereocenters. The van der Waals surface area contributed by atoms with Crippen LogP contribution in [0.3, 0.4) is 0 Å². The van der Waals surface area contributed by atoms with Crippen LogP contribution in [0.5, 0.6) is 0 Å². The van der Waals surface area contributed by atoms with Crippen LogP contribution in [-0.4, -0.2) is 24.9 Å². The number of rotatable bonds is 6. The molecule has 0 unspecified atom stereocenters. The fraction of sp³-hybridized carbons (Fsp3) is 0.500. The summed E-state index contributed by atoms with van der Waals surface area (Å²) in [4.78, 5) is 25.6. The maximum absolute atomic E-state index is 12.2. The molecule has 0 bridgehead atoms. The van der Waals surface area contributed by atoms with Gasteiger partial charge >= 0.3 is 0 Å². The first-order valence-corrected chi connectivity index (χ1v) is 7.07. The van der Waals surface area contributed by atoms with E-state index in [-0.39, 0.29) is 18.2 Å². The highest BCUT2D eigenvalue weighted by molar-refractivity contribution is 6.04. The fourth-order valence-corrected chi connectivity index (χ4v) is 1.91. The molecule has 4 nitrogen and oxygen atoms in total. The SMILES string of the molecule is CCN(C(=O)CC(=O)NCC(C)C)c1cccc(C)c1. The normalized spacial score (nSPS) is 10.4. The Morgan fingerprint density at radius 1 is 1.30 bits per heavy atom. The molecule has 0 saturated heterocycles. The number of amides is 2. The van der Waals surface area contributed by atoms with Gasteiger partial charge in [0, 0.05) is 18.8 Å². The van der Waals surface area contributed by atoms with Gasteiger partial charge in [-0.25, -0.2) is 0 Å². The molecule has 0 aliphatic rings. The molecule has 0 saturated carbocycles. The number of carbonyl (C=O) groups is 2. The predicted molar refractivity (Wildman–Crippen MR) is 81.7 cm³/mol. The minimum atomic E-state index is -0.213. The molecule has 0 fully saturated rings. The number of nitrogens with zero attached hydrogens (tertiary/aromatic N) is 1. The smallest absolute Gasteiger partial charge is 0.236 e. The second-order valence-corrected chi connectivity index (χ2v) is 5.35. The standard InChI is InChI=1S/C16H24N2O2/c1-5-18(14-8-6-7-13(4)9-14)16(20)10-15(19)17-11-12(2)3/h6-9,12H,5,10-11H2,1-4H3,(H,17,19). The second-order valence-electron chi connectivity index (χ2n) is 5.35. The van der Waals surface area contributed by atoms with Crippen molar-refractivity contribution in [1.82, 2.24) is 5.32 Å². The van der Waals surface area contributed by atoms with Crippen molar-refractivity contribution in [3.05, 3.63) is 29.8 Å². The van der Waals surface area contributed by atoms with Gasteiger partial charge < -0.3 is 10.2 Å². The van der Waals surface area contributed by atoms with E-state index in [1.165, 1.54) is 0 Å². The van der Waals surface area contributed by atoms with Crippen molar-refractivity contribution >= 4 is 17.5 Å². The van der Waals surface area contributed by atoms with Crippen LogP contribution in [0.1, 0.15) is 32.8 Å². The van der Waals surface area contributed by atoms with Gasteiger partial charge in [0.15, 0.2) is 0 Å². The van der Waals surface area contributed by atoms with Crippen molar-refractivity contribution in [2.45, 2.75) is 34.1 Å². The van der Waals surface area contributed by atoms with E-state index < -0.39 is 0 Å². The monoisotopic (exact) mass is 276 g/mol. The molecule has 1 aromatic carbocycles. The molecule has 0 aliphatic carbocycles. The summed E-state index contributed by atoms with van der Waals surface area (Å²) in [6, 6.07) is 7.74. The molecule has 2 amide bonds. The number of hydrogen-bond acceptors (Lipinski definition) is 2. The molecule has 0 aliphatic heterocycles. The van der Waals surface area contributed by atoms with Crippen molar-refractivity contribution in [3.8, 4) is 0 Å². The first kappa shape index (κ1) is 16.2. The third-order valence-electron chi connectivity index (χ3n) is 2.95. The molecule has 0 spiro atoms. The van der Waals surface area contributed by atoms with Crippen LogP contribution in [0.2, 0.25) is 0 Å². The second kappa shape index (κ2) is 7.68. The summed E-state index contributed by atoms with van der Waals surface area (Å²) >= 11 is 0. The van der Waals surface area contributed by atoms with Crippen LogP contribution >= 0.6 is 0 Å². The predicted octanol–water partition coefficient (Wildman–Crippen LogP) is 2.51. The van der Waals surface area contributed by atoms with Crippen LogP contribution in [0.25, 0.3) is 0 Å². The molecule has 4 heteroatoms. The molecule has 1 aromatic rings. The van der Waals surface area contributed by atoms with Gasteiger partial charge in [-0.3, -0.25) is 9.59 Å². The highest BCUT2D eigenvalue weighted by Gasteiger charge is 2.17. The van der Waals surface area contributed by atoms with E-state index >= 15 is 0 Å². The Labute approximate surface area is 121 Å². The Morgan fingerprint density at radius 3 is 2.55 bits per heavy atom. The molecule has 110 valence electrons. The van der Waals surface area contributed by atoms with Crippen molar-refractivity contribution in [3.63, 3.8) is 0 Å². The summed E-state index contributed by atoms with van der Waals surface area (Å²) in [5, 5.41) is 2.77. The van der Waals surface area contributed by atoms with Crippen LogP contribution in [0, 0.1) is 12.8 Å². The third kappa shape index (κ3) is 5.03. The van der Waals surface area contributed by atoms with Gasteiger partial charge in [0.05, 0.1) is 0 Å². The Kier molecular flexibility index (Phi) is 6.22. The molecule has 0 aromatic heterocycles. The van der Waals surface area contributed by atoms with E-state index in [1.54, 1.807) is 4.90 Å². The van der Waals surface area contributed by atoms with Crippen LogP contribution in [0.4, 0.5) is 5.69 Å². The third-order valence-corrected chi connectivity index (χ3v) is 2.95. The molecule has 1 rings (SSSR count). The van der Waals surface area contributed by atoms with Gasteiger partial charge in [0.1, 0.15) is 6.42 Å². The highest BCUT2D eigenvalue weighted by atomic mass is 16.2. The molecule has 0 radical (unpaired) electrons. The molecular formula is C16H24N2O2. The summed E-state index contributed by atoms with van der Waals surface area (Å²) in [6.07, 6.45) is -0.103. The number of nitrogens with one attached hydrogen (secondary N) is 1. The number of hydrogen-bond donors (Lipinski definition) is 1. The summed E-state index contributed by atoms with van der Waals surface area (Å²) < 4.78 is 0. The number of benzene rings is 1. The maximum Gasteiger partial charge on any atom is 0.236 e. The van der Waals surface area contributed by atoms with Gasteiger partial charge in [-0.15, -0.1) is 0 Å². The van der Waals surface area contributed by atoms with E-state index in [2.05, 4.69) is 5.32 Å². The van der Waals surface area contributed by atoms with Gasteiger partial charge in [-0.05, 0) is 37.5 Å². The summed E-state index contributed by atoms with van der Waals surface area (Å²) in [5.74, 6) is 0.00209. The summed E-state index contributed by atoms with van der Waals surface area (Å²) in [5.41, 5.74) is 1.94. The quantitative estimate of drug-likeness (QED) is 0.812. The first-order chi connectivity index (χ1) is 9.43. The van der Waals surface area contributed by atoms with Crippen molar-refractivity contribution in [2.75, 3.05) is 18.0 Å². The zero-order chi connectivity index (χ0) is 15.1. The largest absolute Gasteiger partial charge is 0.355 e. The van der Waals surface area contributed by atoms with E-state index in [9.17, 15) is 9.59 Å². The lowest BCUT2D eigenvalue weighted by molar-refractivity contribution is -0.128. The van der Waals surface area contributed by atoms with Gasteiger partial charge in [-0.2, -0.15) is 0 Å². The van der Waals surface area contributed by atoms with E-state index in [0.717, 1.165) is 11.3 Å². The minimum Gasteiger partial charge on any atom is -0.355 e. The lowest BCUT2D eigenvalue weighted by Crippen LogP contribution is -2.36. The zero-order valence-corrected chi connectivity index (χ0v) is 12.8. The Bertz CT molecular complexity index is 469. The van der Waals surface area contributed by atoms with Crippen molar-refractivity contribution < 1.29 is 9.59 Å². The minimum absolute atomic E-state index is 0.103. The van der Waals surface area contributed by atoms with E-state index in [0.29, 0.717) is 19.0 Å². The van der Waals surface area contributed by atoms with Crippen LogP contribution in [0.15, 0.2) is 24.3 Å². The van der Waals surface area contributed by atoms with Crippen molar-refractivity contribution in [2.24, 2.45) is 5.92 Å². The number of carbonyl (C=O) groups excluding carboxylic acids is 2. The fourth-order valence-electron chi connectivity index (χ4n) is 1.91. The van der Waals surface area contributed by atoms with Crippen LogP contribution < -0.4 is 10.2 Å². The average molecular weight is 276 g/mol. The van der Waals surface area contributed by atoms with Gasteiger partial charge in [0.25, 0.3) is 0 Å². The van der Waals surface area contributed by atoms with E-state index in [1.807, 2.05) is 52.0 Å². The summed E-state index contributed by atoms with van der Waals surface area (Å²) in [7, 11) is 0. The van der Waals surface area contributed by atoms with Gasteiger partial charge in [0.2, 0.25) is 11.8 Å². The topological polar surface area (TPSA) is 49.4 Å². The van der Waals surface area contributed by atoms with Crippen molar-refractivity contribution in [1.29, 1.82) is 0 Å². The Morgan fingerprint density at radius 2 is 2.00 bits per heavy atom. The Balaban J connectivity index is 2.66. The van der Waals surface area contributed by atoms with Crippen LogP contribution in [-0.2, 0) is 9.59 Å².